The summed E-state index contributed by atoms with van der Waals surface area (Å²) in [7, 11) is 0. The minimum Gasteiger partial charge on any atom is -0.360 e. The maximum atomic E-state index is 5.75. The Morgan fingerprint density at radius 3 is 2.56 bits per heavy atom. The van der Waals surface area contributed by atoms with E-state index in [0.29, 0.717) is 6.04 Å². The van der Waals surface area contributed by atoms with E-state index in [4.69, 9.17) is 12.2 Å². The fraction of sp³-hybridized carbons (Fsp3) is 0.700. The Kier molecular flexibility index (Phi) is 7.49. The summed E-state index contributed by atoms with van der Waals surface area (Å²) in [6.07, 6.45) is 12.5. The van der Waals surface area contributed by atoms with Gasteiger partial charge in [0.2, 0.25) is 0 Å². The highest BCUT2D eigenvalue weighted by Gasteiger charge is 2.19. The summed E-state index contributed by atoms with van der Waals surface area (Å²) in [6, 6.07) is 6.75. The molecule has 2 aliphatic rings. The zero-order valence-electron chi connectivity index (χ0n) is 15.3. The summed E-state index contributed by atoms with van der Waals surface area (Å²) < 4.78 is 0. The predicted molar refractivity (Wildman–Crippen MR) is 108 cm³/mol. The van der Waals surface area contributed by atoms with Gasteiger partial charge in [-0.15, -0.1) is 0 Å². The first kappa shape index (κ1) is 18.6. The number of aromatic nitrogens is 1. The molecule has 0 bridgehead atoms. The fourth-order valence-electron chi connectivity index (χ4n) is 3.92. The van der Waals surface area contributed by atoms with Crippen LogP contribution in [0.3, 0.4) is 0 Å². The van der Waals surface area contributed by atoms with Crippen molar-refractivity contribution in [2.75, 3.05) is 26.2 Å². The van der Waals surface area contributed by atoms with Crippen LogP contribution >= 0.6 is 12.2 Å². The summed E-state index contributed by atoms with van der Waals surface area (Å²) in [5, 5.41) is 4.65. The van der Waals surface area contributed by atoms with Gasteiger partial charge in [0, 0.05) is 45.0 Å². The Hall–Kier alpha value is -1.20. The average molecular weight is 361 g/mol. The molecule has 4 nitrogen and oxygen atoms in total. The molecule has 138 valence electrons. The predicted octanol–water partition coefficient (Wildman–Crippen LogP) is 3.58. The zero-order chi connectivity index (χ0) is 17.3. The molecule has 0 aromatic carbocycles. The van der Waals surface area contributed by atoms with E-state index in [1.165, 1.54) is 51.4 Å². The van der Waals surface area contributed by atoms with Crippen molar-refractivity contribution in [1.29, 1.82) is 0 Å². The monoisotopic (exact) mass is 360 g/mol. The quantitative estimate of drug-likeness (QED) is 0.833. The van der Waals surface area contributed by atoms with Crippen molar-refractivity contribution in [3.8, 4) is 0 Å². The highest BCUT2D eigenvalue weighted by atomic mass is 32.1. The fourth-order valence-corrected chi connectivity index (χ4v) is 4.27. The van der Waals surface area contributed by atoms with E-state index in [0.717, 1.165) is 43.5 Å². The lowest BCUT2D eigenvalue weighted by Gasteiger charge is -2.29. The second-order valence-electron chi connectivity index (χ2n) is 7.43. The first-order valence-corrected chi connectivity index (χ1v) is 10.4. The maximum absolute atomic E-state index is 5.75. The van der Waals surface area contributed by atoms with E-state index >= 15 is 0 Å². The number of hydrogen-bond acceptors (Lipinski definition) is 3. The highest BCUT2D eigenvalue weighted by Crippen LogP contribution is 2.17. The first-order valence-electron chi connectivity index (χ1n) is 9.99. The molecule has 0 radical (unpaired) electrons. The van der Waals surface area contributed by atoms with Crippen LogP contribution in [0, 0.1) is 0 Å². The summed E-state index contributed by atoms with van der Waals surface area (Å²) >= 11 is 5.75. The summed E-state index contributed by atoms with van der Waals surface area (Å²) in [5.41, 5.74) is 1.16. The number of rotatable bonds is 3. The molecule has 0 amide bonds. The van der Waals surface area contributed by atoms with Gasteiger partial charge >= 0.3 is 0 Å². The number of nitrogens with zero attached hydrogens (tertiary/aromatic N) is 3. The largest absolute Gasteiger partial charge is 0.360 e. The molecule has 1 saturated heterocycles. The third-order valence-electron chi connectivity index (χ3n) is 5.42. The van der Waals surface area contributed by atoms with Gasteiger partial charge in [-0.1, -0.05) is 38.2 Å². The minimum absolute atomic E-state index is 0.584. The normalized spacial score (nSPS) is 21.2. The number of nitrogens with one attached hydrogen (secondary N) is 1. The van der Waals surface area contributed by atoms with Gasteiger partial charge in [0.25, 0.3) is 0 Å². The lowest BCUT2D eigenvalue weighted by Crippen LogP contribution is -2.46. The van der Waals surface area contributed by atoms with Crippen LogP contribution in [0.2, 0.25) is 0 Å². The van der Waals surface area contributed by atoms with E-state index < -0.39 is 0 Å². The van der Waals surface area contributed by atoms with Gasteiger partial charge in [0.15, 0.2) is 5.11 Å². The van der Waals surface area contributed by atoms with Crippen LogP contribution in [-0.4, -0.2) is 52.1 Å². The van der Waals surface area contributed by atoms with Crippen molar-refractivity contribution in [3.63, 3.8) is 0 Å². The zero-order valence-corrected chi connectivity index (χ0v) is 16.1. The number of hydrogen-bond donors (Lipinski definition) is 1. The topological polar surface area (TPSA) is 31.4 Å². The van der Waals surface area contributed by atoms with E-state index in [-0.39, 0.29) is 0 Å². The van der Waals surface area contributed by atoms with Crippen LogP contribution in [0.15, 0.2) is 24.4 Å². The molecule has 1 N–H and O–H groups in total. The van der Waals surface area contributed by atoms with Crippen LogP contribution in [0.5, 0.6) is 0 Å². The van der Waals surface area contributed by atoms with E-state index in [1.807, 2.05) is 12.3 Å². The van der Waals surface area contributed by atoms with E-state index in [9.17, 15) is 0 Å². The molecule has 1 aliphatic heterocycles. The van der Waals surface area contributed by atoms with Crippen LogP contribution in [-0.2, 0) is 6.54 Å². The molecule has 25 heavy (non-hydrogen) atoms. The Balaban J connectivity index is 1.45. The summed E-state index contributed by atoms with van der Waals surface area (Å²) in [6.45, 7) is 5.21. The summed E-state index contributed by atoms with van der Waals surface area (Å²) in [5.74, 6) is 0. The second-order valence-corrected chi connectivity index (χ2v) is 7.82. The van der Waals surface area contributed by atoms with Gasteiger partial charge in [-0.25, -0.2) is 0 Å². The van der Waals surface area contributed by atoms with Crippen molar-refractivity contribution in [3.05, 3.63) is 30.1 Å². The molecule has 1 aromatic rings. The van der Waals surface area contributed by atoms with Crippen LogP contribution in [0.4, 0.5) is 0 Å². The van der Waals surface area contributed by atoms with Gasteiger partial charge in [-0.3, -0.25) is 9.88 Å². The number of pyridine rings is 1. The molecule has 2 fully saturated rings. The molecule has 1 aliphatic carbocycles. The summed E-state index contributed by atoms with van der Waals surface area (Å²) in [4.78, 5) is 9.34. The Morgan fingerprint density at radius 1 is 1.00 bits per heavy atom. The Morgan fingerprint density at radius 2 is 1.80 bits per heavy atom. The van der Waals surface area contributed by atoms with Gasteiger partial charge in [-0.05, 0) is 43.6 Å². The van der Waals surface area contributed by atoms with Gasteiger partial charge in [0.05, 0.1) is 5.69 Å². The highest BCUT2D eigenvalue weighted by molar-refractivity contribution is 7.80. The van der Waals surface area contributed by atoms with E-state index in [2.05, 4.69) is 32.2 Å². The van der Waals surface area contributed by atoms with Crippen molar-refractivity contribution < 1.29 is 0 Å². The van der Waals surface area contributed by atoms with Crippen LogP contribution in [0.25, 0.3) is 0 Å². The van der Waals surface area contributed by atoms with Gasteiger partial charge in [-0.2, -0.15) is 0 Å². The molecular weight excluding hydrogens is 328 g/mol. The SMILES string of the molecule is S=C(NC1CCCCCCC1)N1CCCN(Cc2ccccn2)CC1. The molecule has 1 aromatic heterocycles. The Bertz CT molecular complexity index is 514. The van der Waals surface area contributed by atoms with Gasteiger partial charge < -0.3 is 10.2 Å². The minimum atomic E-state index is 0.584. The molecule has 0 atom stereocenters. The molecular formula is C20H32N4S. The second kappa shape index (κ2) is 10.1. The average Bonchev–Trinajstić information content (AvgIpc) is 2.84. The Labute approximate surface area is 158 Å². The molecule has 1 saturated carbocycles. The standard InChI is InChI=1S/C20H32N4S/c25-20(22-18-9-4-2-1-3-5-10-18)24-14-8-13-23(15-16-24)17-19-11-6-7-12-21-19/h6-7,11-12,18H,1-5,8-10,13-17H2,(H,22,25). The number of thiocarbonyl (C=S) groups is 1. The molecule has 0 unspecified atom stereocenters. The molecule has 5 heteroatoms. The molecule has 0 spiro atoms. The lowest BCUT2D eigenvalue weighted by atomic mass is 9.97. The third-order valence-corrected chi connectivity index (χ3v) is 5.80. The van der Waals surface area contributed by atoms with Gasteiger partial charge in [0.1, 0.15) is 0 Å². The van der Waals surface area contributed by atoms with Crippen molar-refractivity contribution in [2.45, 2.75) is 64.0 Å². The molecule has 3 rings (SSSR count). The van der Waals surface area contributed by atoms with Crippen molar-refractivity contribution in [1.82, 2.24) is 20.1 Å². The van der Waals surface area contributed by atoms with E-state index in [1.54, 1.807) is 0 Å². The lowest BCUT2D eigenvalue weighted by molar-refractivity contribution is 0.274. The molecule has 2 heterocycles. The first-order chi connectivity index (χ1) is 12.3. The van der Waals surface area contributed by atoms with Crippen molar-refractivity contribution >= 4 is 17.3 Å². The smallest absolute Gasteiger partial charge is 0.169 e. The van der Waals surface area contributed by atoms with Crippen LogP contribution < -0.4 is 5.32 Å². The van der Waals surface area contributed by atoms with Crippen LogP contribution in [0.1, 0.15) is 57.1 Å². The maximum Gasteiger partial charge on any atom is 0.169 e. The van der Waals surface area contributed by atoms with Crippen molar-refractivity contribution in [2.24, 2.45) is 0 Å². The third kappa shape index (κ3) is 6.23.